The Labute approximate surface area is 118 Å². The average Bonchev–Trinajstić information content (AvgIpc) is 3.09. The first kappa shape index (κ1) is 12.3. The maximum absolute atomic E-state index is 12.8. The monoisotopic (exact) mass is 290 g/mol. The van der Waals surface area contributed by atoms with Gasteiger partial charge in [-0.05, 0) is 29.1 Å². The molecule has 0 aliphatic rings. The summed E-state index contributed by atoms with van der Waals surface area (Å²) in [5, 5.41) is 8.22. The molecule has 19 heavy (non-hydrogen) atoms. The molecular weight excluding hydrogens is 279 g/mol. The molecule has 0 saturated heterocycles. The van der Waals surface area contributed by atoms with Crippen LogP contribution in [-0.4, -0.2) is 4.98 Å². The summed E-state index contributed by atoms with van der Waals surface area (Å²) in [7, 11) is 0. The van der Waals surface area contributed by atoms with Crippen LogP contribution in [0.1, 0.15) is 5.56 Å². The maximum Gasteiger partial charge on any atom is 0.183 e. The number of nitrogens with zero attached hydrogens (tertiary/aromatic N) is 1. The molecule has 0 amide bonds. The van der Waals surface area contributed by atoms with E-state index in [4.69, 9.17) is 0 Å². The fourth-order valence-electron chi connectivity index (χ4n) is 1.67. The van der Waals surface area contributed by atoms with Crippen LogP contribution in [0.15, 0.2) is 47.2 Å². The molecule has 96 valence electrons. The van der Waals surface area contributed by atoms with Crippen molar-refractivity contribution in [1.29, 1.82) is 0 Å². The predicted molar refractivity (Wildman–Crippen MR) is 79.2 cm³/mol. The largest absolute Gasteiger partial charge is 0.357 e. The van der Waals surface area contributed by atoms with Gasteiger partial charge in [-0.3, -0.25) is 0 Å². The Morgan fingerprint density at radius 2 is 1.95 bits per heavy atom. The van der Waals surface area contributed by atoms with Gasteiger partial charge in [0.2, 0.25) is 0 Å². The van der Waals surface area contributed by atoms with Crippen molar-refractivity contribution in [3.05, 3.63) is 58.5 Å². The number of thiophene rings is 1. The molecule has 0 saturated carbocycles. The van der Waals surface area contributed by atoms with Crippen LogP contribution in [0.3, 0.4) is 0 Å². The van der Waals surface area contributed by atoms with Crippen LogP contribution in [0.25, 0.3) is 10.6 Å². The average molecular weight is 290 g/mol. The summed E-state index contributed by atoms with van der Waals surface area (Å²) in [4.78, 5) is 5.70. The molecule has 1 aromatic carbocycles. The summed E-state index contributed by atoms with van der Waals surface area (Å²) < 4.78 is 12.8. The van der Waals surface area contributed by atoms with E-state index in [2.05, 4.69) is 16.4 Å². The van der Waals surface area contributed by atoms with Gasteiger partial charge in [-0.1, -0.05) is 18.2 Å². The fourth-order valence-corrected chi connectivity index (χ4v) is 3.14. The van der Waals surface area contributed by atoms with Crippen molar-refractivity contribution in [2.24, 2.45) is 0 Å². The van der Waals surface area contributed by atoms with Crippen LogP contribution in [0, 0.1) is 5.82 Å². The van der Waals surface area contributed by atoms with Crippen molar-refractivity contribution in [2.45, 2.75) is 6.54 Å². The summed E-state index contributed by atoms with van der Waals surface area (Å²) in [5.74, 6) is -0.210. The van der Waals surface area contributed by atoms with Crippen molar-refractivity contribution < 1.29 is 4.39 Å². The Hall–Kier alpha value is -1.72. The van der Waals surface area contributed by atoms with Gasteiger partial charge in [0.15, 0.2) is 5.13 Å². The van der Waals surface area contributed by atoms with Crippen LogP contribution in [0.2, 0.25) is 0 Å². The number of nitrogens with one attached hydrogen (secondary N) is 1. The van der Waals surface area contributed by atoms with Gasteiger partial charge in [-0.15, -0.1) is 22.7 Å². The predicted octanol–water partition coefficient (Wildman–Crippen LogP) is 4.62. The number of benzene rings is 1. The van der Waals surface area contributed by atoms with Gasteiger partial charge in [-0.25, -0.2) is 9.37 Å². The zero-order valence-electron chi connectivity index (χ0n) is 9.97. The van der Waals surface area contributed by atoms with Gasteiger partial charge in [0.1, 0.15) is 5.82 Å². The quantitative estimate of drug-likeness (QED) is 0.758. The van der Waals surface area contributed by atoms with Gasteiger partial charge in [-0.2, -0.15) is 0 Å². The first-order chi connectivity index (χ1) is 9.31. The van der Waals surface area contributed by atoms with Crippen molar-refractivity contribution >= 4 is 27.8 Å². The lowest BCUT2D eigenvalue weighted by Gasteiger charge is -2.02. The third-order valence-electron chi connectivity index (χ3n) is 2.63. The van der Waals surface area contributed by atoms with Gasteiger partial charge < -0.3 is 5.32 Å². The van der Waals surface area contributed by atoms with E-state index in [0.29, 0.717) is 6.54 Å². The molecule has 0 atom stereocenters. The zero-order chi connectivity index (χ0) is 13.1. The van der Waals surface area contributed by atoms with Crippen LogP contribution in [-0.2, 0) is 6.54 Å². The van der Waals surface area contributed by atoms with Crippen LogP contribution in [0.5, 0.6) is 0 Å². The van der Waals surface area contributed by atoms with E-state index in [0.717, 1.165) is 16.4 Å². The lowest BCUT2D eigenvalue weighted by atomic mass is 10.2. The van der Waals surface area contributed by atoms with Gasteiger partial charge in [0, 0.05) is 11.9 Å². The minimum atomic E-state index is -0.210. The topological polar surface area (TPSA) is 24.9 Å². The van der Waals surface area contributed by atoms with E-state index in [1.54, 1.807) is 34.8 Å². The number of hydrogen-bond acceptors (Lipinski definition) is 4. The summed E-state index contributed by atoms with van der Waals surface area (Å²) in [6.07, 6.45) is 0. The molecule has 2 heterocycles. The molecule has 2 nitrogen and oxygen atoms in total. The first-order valence-corrected chi connectivity index (χ1v) is 7.55. The lowest BCUT2D eigenvalue weighted by Crippen LogP contribution is -1.98. The molecule has 3 aromatic rings. The standard InChI is InChI=1S/C14H11FN2S2/c15-11-5-3-10(4-6-11)8-16-14-17-12(9-19-14)13-2-1-7-18-13/h1-7,9H,8H2,(H,16,17). The first-order valence-electron chi connectivity index (χ1n) is 5.79. The second-order valence-corrected chi connectivity index (χ2v) is 5.80. The molecule has 5 heteroatoms. The van der Waals surface area contributed by atoms with Crippen molar-refractivity contribution in [2.75, 3.05) is 5.32 Å². The van der Waals surface area contributed by atoms with E-state index < -0.39 is 0 Å². The molecule has 0 radical (unpaired) electrons. The van der Waals surface area contributed by atoms with Crippen molar-refractivity contribution in [3.63, 3.8) is 0 Å². The highest BCUT2D eigenvalue weighted by atomic mass is 32.1. The van der Waals surface area contributed by atoms with Crippen LogP contribution >= 0.6 is 22.7 Å². The maximum atomic E-state index is 12.8. The number of anilines is 1. The molecule has 0 unspecified atom stereocenters. The molecule has 0 bridgehead atoms. The van der Waals surface area contributed by atoms with Gasteiger partial charge >= 0.3 is 0 Å². The van der Waals surface area contributed by atoms with Gasteiger partial charge in [0.25, 0.3) is 0 Å². The number of halogens is 1. The Balaban J connectivity index is 1.66. The molecular formula is C14H11FN2S2. The molecule has 1 N–H and O–H groups in total. The number of thiazole rings is 1. The molecule has 0 aliphatic carbocycles. The van der Waals surface area contributed by atoms with Crippen LogP contribution in [0.4, 0.5) is 9.52 Å². The minimum Gasteiger partial charge on any atom is -0.357 e. The van der Waals surface area contributed by atoms with E-state index in [-0.39, 0.29) is 5.82 Å². The Kier molecular flexibility index (Phi) is 3.57. The highest BCUT2D eigenvalue weighted by Crippen LogP contribution is 2.28. The zero-order valence-corrected chi connectivity index (χ0v) is 11.6. The van der Waals surface area contributed by atoms with E-state index in [9.17, 15) is 4.39 Å². The van der Waals surface area contributed by atoms with Crippen molar-refractivity contribution in [3.8, 4) is 10.6 Å². The third kappa shape index (κ3) is 3.00. The smallest absolute Gasteiger partial charge is 0.183 e. The minimum absolute atomic E-state index is 0.210. The number of rotatable bonds is 4. The van der Waals surface area contributed by atoms with Crippen molar-refractivity contribution in [1.82, 2.24) is 4.98 Å². The molecule has 0 fully saturated rings. The molecule has 2 aromatic heterocycles. The number of hydrogen-bond donors (Lipinski definition) is 1. The van der Waals surface area contributed by atoms with E-state index in [1.165, 1.54) is 17.0 Å². The Bertz CT molecular complexity index is 644. The SMILES string of the molecule is Fc1ccc(CNc2nc(-c3cccs3)cs2)cc1. The number of aromatic nitrogens is 1. The normalized spacial score (nSPS) is 10.6. The van der Waals surface area contributed by atoms with E-state index in [1.807, 2.05) is 16.8 Å². The van der Waals surface area contributed by atoms with Crippen LogP contribution < -0.4 is 5.32 Å². The molecule has 0 aliphatic heterocycles. The second-order valence-electron chi connectivity index (χ2n) is 4.00. The molecule has 0 spiro atoms. The van der Waals surface area contributed by atoms with E-state index >= 15 is 0 Å². The third-order valence-corrected chi connectivity index (χ3v) is 4.33. The Morgan fingerprint density at radius 3 is 2.68 bits per heavy atom. The van der Waals surface area contributed by atoms with Gasteiger partial charge in [0.05, 0.1) is 10.6 Å². The summed E-state index contributed by atoms with van der Waals surface area (Å²) >= 11 is 3.26. The Morgan fingerprint density at radius 1 is 1.11 bits per heavy atom. The highest BCUT2D eigenvalue weighted by Gasteiger charge is 2.05. The summed E-state index contributed by atoms with van der Waals surface area (Å²) in [6.45, 7) is 0.650. The summed E-state index contributed by atoms with van der Waals surface area (Å²) in [5.41, 5.74) is 2.04. The highest BCUT2D eigenvalue weighted by molar-refractivity contribution is 7.15. The molecule has 3 rings (SSSR count). The fraction of sp³-hybridized carbons (Fsp3) is 0.0714. The lowest BCUT2D eigenvalue weighted by molar-refractivity contribution is 0.627. The second kappa shape index (κ2) is 5.50. The summed E-state index contributed by atoms with van der Waals surface area (Å²) in [6, 6.07) is 10.6.